The molecule has 0 saturated carbocycles. The van der Waals surface area contributed by atoms with Crippen LogP contribution in [0, 0.1) is 24.0 Å². The first-order chi connectivity index (χ1) is 13.2. The Bertz CT molecular complexity index is 1110. The Kier molecular flexibility index (Phi) is 5.23. The Hall–Kier alpha value is -3.53. The van der Waals surface area contributed by atoms with E-state index in [1.807, 2.05) is 0 Å². The van der Waals surface area contributed by atoms with Gasteiger partial charge < -0.3 is 5.32 Å². The van der Waals surface area contributed by atoms with Crippen molar-refractivity contribution < 1.29 is 13.3 Å². The molecule has 0 unspecified atom stereocenters. The second-order valence-corrected chi connectivity index (χ2v) is 7.69. The number of hydrogen-bond acceptors (Lipinski definition) is 7. The minimum Gasteiger partial charge on any atom is -0.350 e. The maximum Gasteiger partial charge on any atom is 0.292 e. The van der Waals surface area contributed by atoms with Gasteiger partial charge in [-0.05, 0) is 50.2 Å². The molecule has 10 heteroatoms. The van der Waals surface area contributed by atoms with E-state index in [0.29, 0.717) is 22.8 Å². The fourth-order valence-electron chi connectivity index (χ4n) is 2.56. The predicted octanol–water partition coefficient (Wildman–Crippen LogP) is 3.55. The third kappa shape index (κ3) is 4.41. The molecule has 144 valence electrons. The quantitative estimate of drug-likeness (QED) is 0.479. The van der Waals surface area contributed by atoms with Crippen LogP contribution >= 0.6 is 0 Å². The van der Waals surface area contributed by atoms with Crippen molar-refractivity contribution in [1.82, 2.24) is 9.97 Å². The SMILES string of the molecule is Cc1cc(C)nc(NS(=O)(=O)c2ccc(Nc3ccccc3[N+](=O)[O-])cc2)n1. The Morgan fingerprint density at radius 2 is 1.57 bits per heavy atom. The highest BCUT2D eigenvalue weighted by Crippen LogP contribution is 2.27. The summed E-state index contributed by atoms with van der Waals surface area (Å²) in [7, 11) is -3.87. The summed E-state index contributed by atoms with van der Waals surface area (Å²) in [6.45, 7) is 3.49. The lowest BCUT2D eigenvalue weighted by atomic mass is 10.2. The number of aromatic nitrogens is 2. The highest BCUT2D eigenvalue weighted by atomic mass is 32.2. The molecule has 0 amide bonds. The third-order valence-electron chi connectivity index (χ3n) is 3.75. The van der Waals surface area contributed by atoms with E-state index in [0.717, 1.165) is 0 Å². The average Bonchev–Trinajstić information content (AvgIpc) is 2.61. The van der Waals surface area contributed by atoms with Gasteiger partial charge in [0.15, 0.2) is 0 Å². The van der Waals surface area contributed by atoms with Crippen LogP contribution in [0.25, 0.3) is 0 Å². The standard InChI is InChI=1S/C18H17N5O4S/c1-12-11-13(2)20-18(19-12)22-28(26,27)15-9-7-14(8-10-15)21-16-5-3-4-6-17(16)23(24)25/h3-11,21H,1-2H3,(H,19,20,22). The number of nitro benzene ring substituents is 1. The molecule has 1 aromatic heterocycles. The van der Waals surface area contributed by atoms with Crippen molar-refractivity contribution in [3.05, 3.63) is 76.1 Å². The predicted molar refractivity (Wildman–Crippen MR) is 105 cm³/mol. The highest BCUT2D eigenvalue weighted by molar-refractivity contribution is 7.92. The molecule has 2 aromatic carbocycles. The maximum absolute atomic E-state index is 12.5. The molecule has 3 rings (SSSR count). The lowest BCUT2D eigenvalue weighted by Crippen LogP contribution is -2.15. The Balaban J connectivity index is 1.81. The molecule has 0 aliphatic heterocycles. The number of anilines is 3. The van der Waals surface area contributed by atoms with E-state index in [1.54, 1.807) is 38.1 Å². The minimum atomic E-state index is -3.87. The topological polar surface area (TPSA) is 127 Å². The number of para-hydroxylation sites is 2. The molecule has 2 N–H and O–H groups in total. The number of nitrogens with one attached hydrogen (secondary N) is 2. The van der Waals surface area contributed by atoms with Gasteiger partial charge >= 0.3 is 0 Å². The number of nitro groups is 1. The van der Waals surface area contributed by atoms with Gasteiger partial charge in [0, 0.05) is 23.1 Å². The molecule has 28 heavy (non-hydrogen) atoms. The first kappa shape index (κ1) is 19.2. The van der Waals surface area contributed by atoms with Crippen LogP contribution < -0.4 is 10.0 Å². The van der Waals surface area contributed by atoms with Gasteiger partial charge in [0.05, 0.1) is 9.82 Å². The maximum atomic E-state index is 12.5. The van der Waals surface area contributed by atoms with Gasteiger partial charge in [-0.15, -0.1) is 0 Å². The number of sulfonamides is 1. The fraction of sp³-hybridized carbons (Fsp3) is 0.111. The number of nitrogens with zero attached hydrogens (tertiary/aromatic N) is 3. The zero-order valence-electron chi connectivity index (χ0n) is 15.1. The molecular formula is C18H17N5O4S. The van der Waals surface area contributed by atoms with E-state index >= 15 is 0 Å². The van der Waals surface area contributed by atoms with Crippen LogP contribution in [0.3, 0.4) is 0 Å². The normalized spacial score (nSPS) is 11.1. The van der Waals surface area contributed by atoms with Crippen LogP contribution in [0.15, 0.2) is 59.5 Å². The van der Waals surface area contributed by atoms with Crippen molar-refractivity contribution >= 4 is 33.0 Å². The van der Waals surface area contributed by atoms with E-state index in [-0.39, 0.29) is 16.5 Å². The Labute approximate surface area is 161 Å². The highest BCUT2D eigenvalue weighted by Gasteiger charge is 2.17. The van der Waals surface area contributed by atoms with Crippen LogP contribution in [-0.2, 0) is 10.0 Å². The largest absolute Gasteiger partial charge is 0.350 e. The molecule has 9 nitrogen and oxygen atoms in total. The summed E-state index contributed by atoms with van der Waals surface area (Å²) in [4.78, 5) is 18.7. The van der Waals surface area contributed by atoms with Crippen LogP contribution in [0.1, 0.15) is 11.4 Å². The van der Waals surface area contributed by atoms with Crippen molar-refractivity contribution in [3.63, 3.8) is 0 Å². The molecule has 0 aliphatic rings. The van der Waals surface area contributed by atoms with Gasteiger partial charge in [-0.2, -0.15) is 0 Å². The van der Waals surface area contributed by atoms with Crippen molar-refractivity contribution in [3.8, 4) is 0 Å². The minimum absolute atomic E-state index is 0.000359. The van der Waals surface area contributed by atoms with Gasteiger partial charge in [-0.1, -0.05) is 12.1 Å². The first-order valence-electron chi connectivity index (χ1n) is 8.20. The molecule has 0 fully saturated rings. The van der Waals surface area contributed by atoms with E-state index in [1.165, 1.54) is 30.3 Å². The number of benzene rings is 2. The van der Waals surface area contributed by atoms with E-state index < -0.39 is 14.9 Å². The fourth-order valence-corrected chi connectivity index (χ4v) is 3.51. The van der Waals surface area contributed by atoms with Crippen LogP contribution in [0.2, 0.25) is 0 Å². The summed E-state index contributed by atoms with van der Waals surface area (Å²) >= 11 is 0. The van der Waals surface area contributed by atoms with Gasteiger partial charge in [0.2, 0.25) is 5.95 Å². The summed E-state index contributed by atoms with van der Waals surface area (Å²) in [5, 5.41) is 14.0. The summed E-state index contributed by atoms with van der Waals surface area (Å²) in [5.74, 6) is -0.000359. The average molecular weight is 399 g/mol. The Morgan fingerprint density at radius 3 is 2.18 bits per heavy atom. The van der Waals surface area contributed by atoms with Crippen molar-refractivity contribution in [2.24, 2.45) is 0 Å². The zero-order chi connectivity index (χ0) is 20.3. The van der Waals surface area contributed by atoms with Crippen molar-refractivity contribution in [2.45, 2.75) is 18.7 Å². The van der Waals surface area contributed by atoms with Gasteiger partial charge in [-0.25, -0.2) is 23.1 Å². The second-order valence-electron chi connectivity index (χ2n) is 6.00. The molecule has 0 bridgehead atoms. The summed E-state index contributed by atoms with van der Waals surface area (Å²) in [6.07, 6.45) is 0. The lowest BCUT2D eigenvalue weighted by molar-refractivity contribution is -0.383. The molecule has 3 aromatic rings. The summed E-state index contributed by atoms with van der Waals surface area (Å²) in [5.41, 5.74) is 2.04. The van der Waals surface area contributed by atoms with Crippen molar-refractivity contribution in [1.29, 1.82) is 0 Å². The molecule has 0 atom stereocenters. The van der Waals surface area contributed by atoms with Gasteiger partial charge in [0.1, 0.15) is 5.69 Å². The van der Waals surface area contributed by atoms with Crippen LogP contribution in [-0.4, -0.2) is 23.3 Å². The number of rotatable bonds is 6. The molecule has 0 spiro atoms. The Morgan fingerprint density at radius 1 is 0.964 bits per heavy atom. The number of aryl methyl sites for hydroxylation is 2. The molecular weight excluding hydrogens is 382 g/mol. The molecule has 0 aliphatic carbocycles. The van der Waals surface area contributed by atoms with E-state index in [9.17, 15) is 18.5 Å². The smallest absolute Gasteiger partial charge is 0.292 e. The summed E-state index contributed by atoms with van der Waals surface area (Å²) < 4.78 is 27.4. The molecule has 0 saturated heterocycles. The molecule has 1 heterocycles. The van der Waals surface area contributed by atoms with Gasteiger partial charge in [0.25, 0.3) is 15.7 Å². The zero-order valence-corrected chi connectivity index (χ0v) is 15.9. The lowest BCUT2D eigenvalue weighted by Gasteiger charge is -2.10. The van der Waals surface area contributed by atoms with Crippen LogP contribution in [0.5, 0.6) is 0 Å². The second kappa shape index (κ2) is 7.61. The van der Waals surface area contributed by atoms with Gasteiger partial charge in [-0.3, -0.25) is 10.1 Å². The van der Waals surface area contributed by atoms with Crippen molar-refractivity contribution in [2.75, 3.05) is 10.0 Å². The van der Waals surface area contributed by atoms with Crippen LogP contribution in [0.4, 0.5) is 23.0 Å². The molecule has 0 radical (unpaired) electrons. The number of hydrogen-bond donors (Lipinski definition) is 2. The summed E-state index contributed by atoms with van der Waals surface area (Å²) in [6, 6.07) is 13.8. The van der Waals surface area contributed by atoms with E-state index in [4.69, 9.17) is 0 Å². The monoisotopic (exact) mass is 399 g/mol. The van der Waals surface area contributed by atoms with E-state index in [2.05, 4.69) is 20.0 Å². The third-order valence-corrected chi connectivity index (χ3v) is 5.10. The first-order valence-corrected chi connectivity index (χ1v) is 9.68.